The Labute approximate surface area is 117 Å². The predicted octanol–water partition coefficient (Wildman–Crippen LogP) is 0.816. The molecular weight excluding hydrogens is 286 g/mol. The second-order valence-corrected chi connectivity index (χ2v) is 6.92. The van der Waals surface area contributed by atoms with Crippen molar-refractivity contribution in [2.24, 2.45) is 0 Å². The molecule has 0 bridgehead atoms. The molecule has 20 heavy (non-hydrogen) atoms. The standard InChI is InChI=1S/C13H18F2N2O2S/c1-20(18,19)13-11(14)3-2-10(12(13)15)4-7-17-8-5-16-6-9-17/h2-3,16H,4-9H2,1H3. The summed E-state index contributed by atoms with van der Waals surface area (Å²) in [5, 5.41) is 3.22. The van der Waals surface area contributed by atoms with Crippen LogP contribution in [0.4, 0.5) is 8.78 Å². The van der Waals surface area contributed by atoms with Gasteiger partial charge in [-0.15, -0.1) is 0 Å². The summed E-state index contributed by atoms with van der Waals surface area (Å²) >= 11 is 0. The van der Waals surface area contributed by atoms with Crippen molar-refractivity contribution in [1.29, 1.82) is 0 Å². The molecule has 1 heterocycles. The van der Waals surface area contributed by atoms with Crippen molar-refractivity contribution in [3.8, 4) is 0 Å². The number of piperazine rings is 1. The Kier molecular flexibility index (Phi) is 4.72. The zero-order chi connectivity index (χ0) is 14.8. The van der Waals surface area contributed by atoms with Crippen LogP contribution >= 0.6 is 0 Å². The van der Waals surface area contributed by atoms with Crippen LogP contribution in [0.2, 0.25) is 0 Å². The summed E-state index contributed by atoms with van der Waals surface area (Å²) in [5.41, 5.74) is 0.241. The minimum atomic E-state index is -3.90. The average Bonchev–Trinajstić information content (AvgIpc) is 2.37. The molecule has 1 aromatic rings. The minimum absolute atomic E-state index is 0.241. The van der Waals surface area contributed by atoms with Gasteiger partial charge in [0.1, 0.15) is 16.5 Å². The van der Waals surface area contributed by atoms with Crippen LogP contribution in [0.5, 0.6) is 0 Å². The Bertz CT molecular complexity index is 584. The number of sulfone groups is 1. The first-order valence-electron chi connectivity index (χ1n) is 6.49. The summed E-state index contributed by atoms with van der Waals surface area (Å²) in [4.78, 5) is 1.34. The second-order valence-electron chi connectivity index (χ2n) is 4.96. The second kappa shape index (κ2) is 6.15. The van der Waals surface area contributed by atoms with E-state index in [9.17, 15) is 17.2 Å². The van der Waals surface area contributed by atoms with Crippen molar-refractivity contribution in [2.45, 2.75) is 11.3 Å². The number of hydrogen-bond acceptors (Lipinski definition) is 4. The molecule has 1 N–H and O–H groups in total. The normalized spacial score (nSPS) is 17.4. The van der Waals surface area contributed by atoms with Crippen LogP contribution < -0.4 is 5.32 Å². The highest BCUT2D eigenvalue weighted by molar-refractivity contribution is 7.90. The molecule has 1 aliphatic heterocycles. The molecule has 2 rings (SSSR count). The maximum atomic E-state index is 14.1. The molecule has 1 aliphatic rings. The van der Waals surface area contributed by atoms with Crippen LogP contribution in [0, 0.1) is 11.6 Å². The van der Waals surface area contributed by atoms with Crippen LogP contribution in [0.25, 0.3) is 0 Å². The van der Waals surface area contributed by atoms with Gasteiger partial charge in [-0.05, 0) is 18.1 Å². The quantitative estimate of drug-likeness (QED) is 0.894. The zero-order valence-electron chi connectivity index (χ0n) is 11.3. The fourth-order valence-electron chi connectivity index (χ4n) is 2.32. The Morgan fingerprint density at radius 2 is 1.90 bits per heavy atom. The van der Waals surface area contributed by atoms with Crippen LogP contribution in [0.1, 0.15) is 5.56 Å². The molecule has 0 aromatic heterocycles. The third kappa shape index (κ3) is 3.53. The number of nitrogens with zero attached hydrogens (tertiary/aromatic N) is 1. The van der Waals surface area contributed by atoms with Gasteiger partial charge < -0.3 is 10.2 Å². The monoisotopic (exact) mass is 304 g/mol. The van der Waals surface area contributed by atoms with Gasteiger partial charge in [0.25, 0.3) is 0 Å². The fourth-order valence-corrected chi connectivity index (χ4v) is 3.20. The molecule has 0 radical (unpaired) electrons. The van der Waals surface area contributed by atoms with Gasteiger partial charge in [0.2, 0.25) is 0 Å². The largest absolute Gasteiger partial charge is 0.314 e. The van der Waals surface area contributed by atoms with Gasteiger partial charge in [-0.1, -0.05) is 6.07 Å². The van der Waals surface area contributed by atoms with E-state index in [4.69, 9.17) is 0 Å². The molecule has 1 saturated heterocycles. The smallest absolute Gasteiger partial charge is 0.181 e. The molecule has 0 aliphatic carbocycles. The highest BCUT2D eigenvalue weighted by Crippen LogP contribution is 2.22. The lowest BCUT2D eigenvalue weighted by molar-refractivity contribution is 0.243. The molecule has 0 amide bonds. The Balaban J connectivity index is 2.16. The van der Waals surface area contributed by atoms with Crippen LogP contribution in [0.3, 0.4) is 0 Å². The minimum Gasteiger partial charge on any atom is -0.314 e. The first-order valence-corrected chi connectivity index (χ1v) is 8.39. The van der Waals surface area contributed by atoms with E-state index in [1.54, 1.807) is 0 Å². The third-order valence-electron chi connectivity index (χ3n) is 3.41. The molecule has 0 spiro atoms. The molecule has 1 fully saturated rings. The summed E-state index contributed by atoms with van der Waals surface area (Å²) in [6, 6.07) is 2.34. The number of halogens is 2. The number of rotatable bonds is 4. The Morgan fingerprint density at radius 3 is 2.50 bits per heavy atom. The van der Waals surface area contributed by atoms with Crippen LogP contribution in [-0.2, 0) is 16.3 Å². The van der Waals surface area contributed by atoms with Crippen molar-refractivity contribution in [3.05, 3.63) is 29.3 Å². The van der Waals surface area contributed by atoms with E-state index in [0.717, 1.165) is 38.5 Å². The molecule has 0 unspecified atom stereocenters. The average molecular weight is 304 g/mol. The SMILES string of the molecule is CS(=O)(=O)c1c(F)ccc(CCN2CCNCC2)c1F. The molecule has 4 nitrogen and oxygen atoms in total. The molecule has 0 atom stereocenters. The summed E-state index contributed by atoms with van der Waals surface area (Å²) < 4.78 is 50.5. The van der Waals surface area contributed by atoms with Crippen LogP contribution in [0.15, 0.2) is 17.0 Å². The van der Waals surface area contributed by atoms with Crippen molar-refractivity contribution < 1.29 is 17.2 Å². The van der Waals surface area contributed by atoms with Gasteiger partial charge in [0, 0.05) is 39.0 Å². The lowest BCUT2D eigenvalue weighted by Gasteiger charge is -2.27. The lowest BCUT2D eigenvalue weighted by Crippen LogP contribution is -2.44. The van der Waals surface area contributed by atoms with Gasteiger partial charge in [-0.2, -0.15) is 0 Å². The predicted molar refractivity (Wildman–Crippen MR) is 72.5 cm³/mol. The van der Waals surface area contributed by atoms with Crippen molar-refractivity contribution in [2.75, 3.05) is 39.0 Å². The first-order chi connectivity index (χ1) is 9.39. The van der Waals surface area contributed by atoms with Gasteiger partial charge in [-0.25, -0.2) is 17.2 Å². The molecule has 112 valence electrons. The van der Waals surface area contributed by atoms with E-state index in [-0.39, 0.29) is 5.56 Å². The van der Waals surface area contributed by atoms with Crippen molar-refractivity contribution >= 4 is 9.84 Å². The maximum absolute atomic E-state index is 14.1. The van der Waals surface area contributed by atoms with Gasteiger partial charge in [0.05, 0.1) is 0 Å². The van der Waals surface area contributed by atoms with Gasteiger partial charge >= 0.3 is 0 Å². The summed E-state index contributed by atoms with van der Waals surface area (Å²) in [7, 11) is -3.90. The molecule has 7 heteroatoms. The third-order valence-corrected chi connectivity index (χ3v) is 4.52. The summed E-state index contributed by atoms with van der Waals surface area (Å²) in [5.74, 6) is -1.99. The van der Waals surface area contributed by atoms with E-state index >= 15 is 0 Å². The highest BCUT2D eigenvalue weighted by Gasteiger charge is 2.22. The first kappa shape index (κ1) is 15.3. The zero-order valence-corrected chi connectivity index (χ0v) is 12.1. The topological polar surface area (TPSA) is 49.4 Å². The van der Waals surface area contributed by atoms with E-state index < -0.39 is 26.4 Å². The maximum Gasteiger partial charge on any atom is 0.181 e. The van der Waals surface area contributed by atoms with Crippen LogP contribution in [-0.4, -0.2) is 52.3 Å². The fraction of sp³-hybridized carbons (Fsp3) is 0.538. The van der Waals surface area contributed by atoms with Crippen molar-refractivity contribution in [1.82, 2.24) is 10.2 Å². The lowest BCUT2D eigenvalue weighted by atomic mass is 10.1. The summed E-state index contributed by atoms with van der Waals surface area (Å²) in [6.45, 7) is 4.16. The number of benzene rings is 1. The van der Waals surface area contributed by atoms with Crippen molar-refractivity contribution in [3.63, 3.8) is 0 Å². The van der Waals surface area contributed by atoms with Gasteiger partial charge in [0.15, 0.2) is 9.84 Å². The molecular formula is C13H18F2N2O2S. The van der Waals surface area contributed by atoms with E-state index in [1.165, 1.54) is 6.07 Å². The molecule has 1 aromatic carbocycles. The Hall–Kier alpha value is -1.05. The number of hydrogen-bond donors (Lipinski definition) is 1. The van der Waals surface area contributed by atoms with E-state index in [0.29, 0.717) is 13.0 Å². The molecule has 0 saturated carbocycles. The van der Waals surface area contributed by atoms with E-state index in [2.05, 4.69) is 10.2 Å². The Morgan fingerprint density at radius 1 is 1.25 bits per heavy atom. The van der Waals surface area contributed by atoms with Gasteiger partial charge in [-0.3, -0.25) is 0 Å². The summed E-state index contributed by atoms with van der Waals surface area (Å²) in [6.07, 6.45) is 1.18. The highest BCUT2D eigenvalue weighted by atomic mass is 32.2. The number of nitrogens with one attached hydrogen (secondary N) is 1. The van der Waals surface area contributed by atoms with E-state index in [1.807, 2.05) is 0 Å².